The Morgan fingerprint density at radius 2 is 1.78 bits per heavy atom. The Hall–Kier alpha value is -4.56. The van der Waals surface area contributed by atoms with Gasteiger partial charge in [-0.05, 0) is 54.8 Å². The van der Waals surface area contributed by atoms with Crippen molar-refractivity contribution in [2.75, 3.05) is 13.2 Å². The van der Waals surface area contributed by atoms with Crippen molar-refractivity contribution >= 4 is 29.1 Å². The van der Waals surface area contributed by atoms with Crippen molar-refractivity contribution in [3.05, 3.63) is 119 Å². The zero-order valence-corrected chi connectivity index (χ0v) is 23.3. The Morgan fingerprint density at radius 3 is 2.46 bits per heavy atom. The summed E-state index contributed by atoms with van der Waals surface area (Å²) in [5.74, 6) is -0.589. The van der Waals surface area contributed by atoms with Crippen LogP contribution in [0.4, 0.5) is 0 Å². The van der Waals surface area contributed by atoms with Gasteiger partial charge in [0.2, 0.25) is 0 Å². The third-order valence-electron chi connectivity index (χ3n) is 6.86. The van der Waals surface area contributed by atoms with Gasteiger partial charge in [-0.2, -0.15) is 0 Å². The lowest BCUT2D eigenvalue weighted by Crippen LogP contribution is -2.31. The van der Waals surface area contributed by atoms with Crippen LogP contribution in [0, 0.1) is 0 Å². The van der Waals surface area contributed by atoms with E-state index in [1.165, 1.54) is 11.0 Å². The summed E-state index contributed by atoms with van der Waals surface area (Å²) in [5.41, 5.74) is 2.05. The number of carbonyl (C=O) groups excluding carboxylic acids is 2. The van der Waals surface area contributed by atoms with E-state index in [0.29, 0.717) is 60.4 Å². The minimum Gasteiger partial charge on any atom is -0.507 e. The molecule has 1 atom stereocenters. The van der Waals surface area contributed by atoms with Crippen molar-refractivity contribution in [1.82, 2.24) is 14.5 Å². The van der Waals surface area contributed by atoms with Crippen LogP contribution in [0.3, 0.4) is 0 Å². The largest absolute Gasteiger partial charge is 0.507 e. The van der Waals surface area contributed by atoms with E-state index < -0.39 is 17.7 Å². The van der Waals surface area contributed by atoms with Gasteiger partial charge in [0.15, 0.2) is 0 Å². The van der Waals surface area contributed by atoms with Gasteiger partial charge in [0.05, 0.1) is 29.6 Å². The molecule has 0 aliphatic carbocycles. The van der Waals surface area contributed by atoms with E-state index in [-0.39, 0.29) is 11.3 Å². The van der Waals surface area contributed by atoms with Gasteiger partial charge in [0.25, 0.3) is 11.7 Å². The fourth-order valence-corrected chi connectivity index (χ4v) is 5.10. The van der Waals surface area contributed by atoms with Crippen molar-refractivity contribution in [2.45, 2.75) is 32.5 Å². The second kappa shape index (κ2) is 12.7. The number of halogens is 1. The number of aryl methyl sites for hydroxylation is 1. The number of Topliss-reactive ketones (excluding diaryl/α,β-unsaturated/α-hetero) is 1. The molecule has 1 amide bonds. The van der Waals surface area contributed by atoms with Crippen LogP contribution < -0.4 is 9.47 Å². The number of carbonyl (C=O) groups is 2. The molecule has 1 aliphatic rings. The number of benzene rings is 3. The Kier molecular flexibility index (Phi) is 8.70. The van der Waals surface area contributed by atoms with Crippen LogP contribution in [0.25, 0.3) is 5.76 Å². The van der Waals surface area contributed by atoms with Crippen LogP contribution in [0.5, 0.6) is 11.5 Å². The van der Waals surface area contributed by atoms with Crippen molar-refractivity contribution in [1.29, 1.82) is 0 Å². The van der Waals surface area contributed by atoms with Crippen LogP contribution in [0.1, 0.15) is 36.1 Å². The predicted octanol–water partition coefficient (Wildman–Crippen LogP) is 6.03. The minimum atomic E-state index is -0.786. The molecule has 1 fully saturated rings. The fourth-order valence-electron chi connectivity index (χ4n) is 4.86. The summed E-state index contributed by atoms with van der Waals surface area (Å²) in [4.78, 5) is 32.3. The van der Waals surface area contributed by atoms with E-state index in [2.05, 4.69) is 4.98 Å². The highest BCUT2D eigenvalue weighted by Crippen LogP contribution is 2.41. The maximum Gasteiger partial charge on any atom is 0.295 e. The molecule has 0 radical (unpaired) electrons. The zero-order chi connectivity index (χ0) is 28.8. The van der Waals surface area contributed by atoms with Crippen molar-refractivity contribution in [3.8, 4) is 11.5 Å². The minimum absolute atomic E-state index is 0.0100. The number of nitrogens with zero attached hydrogens (tertiary/aromatic N) is 3. The SMILES string of the molecule is CCOc1ccc(/C(O)=C2/C(=O)C(=O)N(CCCn3ccnc3)C2c2ccc(OCc3ccccc3)cc2)cc1Cl. The summed E-state index contributed by atoms with van der Waals surface area (Å²) < 4.78 is 13.3. The number of likely N-dealkylation sites (tertiary alicyclic amines) is 1. The number of hydrogen-bond acceptors (Lipinski definition) is 6. The molecule has 1 N–H and O–H groups in total. The summed E-state index contributed by atoms with van der Waals surface area (Å²) in [5, 5.41) is 11.7. The molecule has 8 nitrogen and oxygen atoms in total. The van der Waals surface area contributed by atoms with Gasteiger partial charge in [-0.15, -0.1) is 0 Å². The molecule has 3 aromatic carbocycles. The highest BCUT2D eigenvalue weighted by molar-refractivity contribution is 6.46. The fraction of sp³-hybridized carbons (Fsp3) is 0.219. The second-order valence-electron chi connectivity index (χ2n) is 9.57. The lowest BCUT2D eigenvalue weighted by atomic mass is 9.95. The number of rotatable bonds is 11. The first kappa shape index (κ1) is 28.0. The normalized spacial score (nSPS) is 16.2. The number of ketones is 1. The van der Waals surface area contributed by atoms with Gasteiger partial charge in [-0.25, -0.2) is 4.98 Å². The molecule has 0 saturated carbocycles. The Balaban J connectivity index is 1.46. The van der Waals surface area contributed by atoms with Gasteiger partial charge >= 0.3 is 0 Å². The van der Waals surface area contributed by atoms with Gasteiger partial charge in [-0.3, -0.25) is 9.59 Å². The van der Waals surface area contributed by atoms with Crippen LogP contribution in [0.15, 0.2) is 97.1 Å². The van der Waals surface area contributed by atoms with Crippen molar-refractivity contribution in [3.63, 3.8) is 0 Å². The van der Waals surface area contributed by atoms with E-state index in [4.69, 9.17) is 21.1 Å². The summed E-state index contributed by atoms with van der Waals surface area (Å²) in [6.45, 7) is 3.61. The summed E-state index contributed by atoms with van der Waals surface area (Å²) in [7, 11) is 0. The predicted molar refractivity (Wildman–Crippen MR) is 156 cm³/mol. The van der Waals surface area contributed by atoms with Gasteiger partial charge in [-0.1, -0.05) is 54.1 Å². The van der Waals surface area contributed by atoms with Gasteiger partial charge < -0.3 is 24.0 Å². The molecule has 0 spiro atoms. The molecule has 210 valence electrons. The maximum absolute atomic E-state index is 13.4. The smallest absolute Gasteiger partial charge is 0.295 e. The molecule has 5 rings (SSSR count). The van der Waals surface area contributed by atoms with Crippen LogP contribution in [-0.2, 0) is 22.7 Å². The summed E-state index contributed by atoms with van der Waals surface area (Å²) in [6, 6.07) is 21.1. The molecular formula is C32H30ClN3O5. The summed E-state index contributed by atoms with van der Waals surface area (Å²) in [6.07, 6.45) is 5.83. The average Bonchev–Trinajstić information content (AvgIpc) is 3.60. The lowest BCUT2D eigenvalue weighted by Gasteiger charge is -2.25. The van der Waals surface area contributed by atoms with Gasteiger partial charge in [0.1, 0.15) is 23.9 Å². The third-order valence-corrected chi connectivity index (χ3v) is 7.16. The number of aliphatic hydroxyl groups excluding tert-OH is 1. The monoisotopic (exact) mass is 571 g/mol. The van der Waals surface area contributed by atoms with Crippen LogP contribution in [-0.4, -0.2) is 44.4 Å². The van der Waals surface area contributed by atoms with E-state index in [1.54, 1.807) is 36.8 Å². The second-order valence-corrected chi connectivity index (χ2v) is 9.98. The van der Waals surface area contributed by atoms with Crippen molar-refractivity contribution < 1.29 is 24.2 Å². The number of hydrogen-bond donors (Lipinski definition) is 1. The van der Waals surface area contributed by atoms with E-state index in [9.17, 15) is 14.7 Å². The molecule has 41 heavy (non-hydrogen) atoms. The van der Waals surface area contributed by atoms with Gasteiger partial charge in [0, 0.05) is 31.0 Å². The van der Waals surface area contributed by atoms with Crippen LogP contribution >= 0.6 is 11.6 Å². The molecule has 1 saturated heterocycles. The standard InChI is InChI=1S/C32H30ClN3O5/c1-2-40-27-14-11-24(19-26(27)33)30(37)28-29(36(32(39)31(28)38)17-6-16-35-18-15-34-21-35)23-9-12-25(13-10-23)41-20-22-7-4-3-5-8-22/h3-5,7-15,18-19,21,29,37H,2,6,16-17,20H2,1H3/b30-28-. The van der Waals surface area contributed by atoms with E-state index >= 15 is 0 Å². The highest BCUT2D eigenvalue weighted by atomic mass is 35.5. The molecular weight excluding hydrogens is 542 g/mol. The lowest BCUT2D eigenvalue weighted by molar-refractivity contribution is -0.139. The Labute approximate surface area is 243 Å². The first-order valence-electron chi connectivity index (χ1n) is 13.4. The topological polar surface area (TPSA) is 93.9 Å². The van der Waals surface area contributed by atoms with Crippen molar-refractivity contribution in [2.24, 2.45) is 0 Å². The molecule has 4 aromatic rings. The molecule has 1 aliphatic heterocycles. The molecule has 1 aromatic heterocycles. The maximum atomic E-state index is 13.4. The first-order chi connectivity index (χ1) is 20.0. The molecule has 2 heterocycles. The Bertz CT molecular complexity index is 1540. The molecule has 1 unspecified atom stereocenters. The van der Waals surface area contributed by atoms with E-state index in [1.807, 2.05) is 60.2 Å². The highest BCUT2D eigenvalue weighted by Gasteiger charge is 2.45. The van der Waals surface area contributed by atoms with Crippen LogP contribution in [0.2, 0.25) is 5.02 Å². The van der Waals surface area contributed by atoms with E-state index in [0.717, 1.165) is 5.56 Å². The molecule has 0 bridgehead atoms. The molecule has 9 heteroatoms. The number of imidazole rings is 1. The number of amides is 1. The zero-order valence-electron chi connectivity index (χ0n) is 22.6. The average molecular weight is 572 g/mol. The summed E-state index contributed by atoms with van der Waals surface area (Å²) >= 11 is 6.37. The number of ether oxygens (including phenoxy) is 2. The number of aromatic nitrogens is 2. The number of aliphatic hydroxyl groups is 1. The Morgan fingerprint density at radius 1 is 1.00 bits per heavy atom. The first-order valence-corrected chi connectivity index (χ1v) is 13.8. The quantitative estimate of drug-likeness (QED) is 0.134. The third kappa shape index (κ3) is 6.28.